The minimum atomic E-state index is -0.332. The largest absolute Gasteiger partial charge is 0.465 e. The molecule has 0 aliphatic carbocycles. The summed E-state index contributed by atoms with van der Waals surface area (Å²) in [5.41, 5.74) is 2.06. The fraction of sp³-hybridized carbons (Fsp3) is 0.385. The number of fused-ring (bicyclic) bond motifs is 1. The van der Waals surface area contributed by atoms with Crippen LogP contribution in [0.15, 0.2) is 24.5 Å². The molecule has 0 unspecified atom stereocenters. The van der Waals surface area contributed by atoms with Gasteiger partial charge in [0, 0.05) is 5.54 Å². The van der Waals surface area contributed by atoms with Crippen LogP contribution in [-0.4, -0.2) is 22.6 Å². The normalized spacial score (nSPS) is 11.8. The number of hydrogen-bond donors (Lipinski definition) is 0. The molecule has 0 atom stereocenters. The van der Waals surface area contributed by atoms with E-state index in [0.29, 0.717) is 5.56 Å². The first-order chi connectivity index (χ1) is 7.95. The van der Waals surface area contributed by atoms with Crippen molar-refractivity contribution in [1.29, 1.82) is 0 Å². The highest BCUT2D eigenvalue weighted by Crippen LogP contribution is 2.25. The first-order valence-corrected chi connectivity index (χ1v) is 5.50. The maximum atomic E-state index is 11.7. The summed E-state index contributed by atoms with van der Waals surface area (Å²) in [4.78, 5) is 16.1. The van der Waals surface area contributed by atoms with Gasteiger partial charge in [0.1, 0.15) is 0 Å². The lowest BCUT2D eigenvalue weighted by Crippen LogP contribution is -2.21. The van der Waals surface area contributed by atoms with Crippen molar-refractivity contribution in [2.24, 2.45) is 0 Å². The van der Waals surface area contributed by atoms with Crippen molar-refractivity contribution in [1.82, 2.24) is 9.55 Å². The molecular weight excluding hydrogens is 216 g/mol. The number of aromatic nitrogens is 2. The molecule has 1 aromatic carbocycles. The van der Waals surface area contributed by atoms with Crippen LogP contribution in [0.2, 0.25) is 0 Å². The Hall–Kier alpha value is -1.84. The molecule has 0 saturated carbocycles. The van der Waals surface area contributed by atoms with E-state index in [9.17, 15) is 4.79 Å². The third-order valence-corrected chi connectivity index (χ3v) is 2.70. The Balaban J connectivity index is 2.77. The first kappa shape index (κ1) is 11.6. The van der Waals surface area contributed by atoms with E-state index in [1.807, 2.05) is 16.7 Å². The quantitative estimate of drug-likeness (QED) is 0.710. The van der Waals surface area contributed by atoms with Crippen molar-refractivity contribution >= 4 is 17.0 Å². The van der Waals surface area contributed by atoms with Gasteiger partial charge in [0.2, 0.25) is 0 Å². The Morgan fingerprint density at radius 3 is 2.65 bits per heavy atom. The molecule has 1 heterocycles. The van der Waals surface area contributed by atoms with E-state index in [4.69, 9.17) is 4.74 Å². The van der Waals surface area contributed by atoms with Gasteiger partial charge >= 0.3 is 5.97 Å². The summed E-state index contributed by atoms with van der Waals surface area (Å²) in [6, 6.07) is 5.47. The zero-order chi connectivity index (χ0) is 12.6. The van der Waals surface area contributed by atoms with Gasteiger partial charge in [0.05, 0.1) is 30.0 Å². The predicted molar refractivity (Wildman–Crippen MR) is 66.1 cm³/mol. The van der Waals surface area contributed by atoms with E-state index in [0.717, 1.165) is 11.0 Å². The number of hydrogen-bond acceptors (Lipinski definition) is 3. The van der Waals surface area contributed by atoms with Crippen molar-refractivity contribution < 1.29 is 9.53 Å². The average Bonchev–Trinajstić information content (AvgIpc) is 2.70. The highest BCUT2D eigenvalue weighted by molar-refractivity contribution is 6.02. The van der Waals surface area contributed by atoms with Gasteiger partial charge in [0.25, 0.3) is 0 Å². The summed E-state index contributed by atoms with van der Waals surface area (Å²) < 4.78 is 6.80. The van der Waals surface area contributed by atoms with Crippen molar-refractivity contribution in [2.45, 2.75) is 26.3 Å². The molecule has 0 radical (unpaired) electrons. The zero-order valence-corrected chi connectivity index (χ0v) is 10.5. The highest BCUT2D eigenvalue weighted by atomic mass is 16.5. The van der Waals surface area contributed by atoms with Crippen LogP contribution in [0.1, 0.15) is 31.1 Å². The van der Waals surface area contributed by atoms with Crippen LogP contribution in [0.4, 0.5) is 0 Å². The molecule has 17 heavy (non-hydrogen) atoms. The zero-order valence-electron chi connectivity index (χ0n) is 10.5. The molecule has 0 bridgehead atoms. The molecule has 1 aromatic heterocycles. The molecule has 2 aromatic rings. The number of benzene rings is 1. The van der Waals surface area contributed by atoms with Gasteiger partial charge in [-0.2, -0.15) is 0 Å². The molecule has 0 saturated heterocycles. The molecule has 90 valence electrons. The van der Waals surface area contributed by atoms with E-state index in [1.54, 1.807) is 12.4 Å². The van der Waals surface area contributed by atoms with Crippen molar-refractivity contribution in [3.63, 3.8) is 0 Å². The Bertz CT molecular complexity index is 564. The van der Waals surface area contributed by atoms with Crippen LogP contribution in [0.25, 0.3) is 11.0 Å². The van der Waals surface area contributed by atoms with E-state index >= 15 is 0 Å². The van der Waals surface area contributed by atoms with Gasteiger partial charge in [-0.05, 0) is 32.9 Å². The second-order valence-electron chi connectivity index (χ2n) is 4.95. The summed E-state index contributed by atoms with van der Waals surface area (Å²) >= 11 is 0. The number of methoxy groups -OCH3 is 1. The monoisotopic (exact) mass is 232 g/mol. The lowest BCUT2D eigenvalue weighted by Gasteiger charge is -2.22. The predicted octanol–water partition coefficient (Wildman–Crippen LogP) is 2.58. The number of nitrogens with zero attached hydrogens (tertiary/aromatic N) is 2. The number of esters is 1. The SMILES string of the molecule is COC(=O)c1cccc2ncn(C(C)(C)C)c12. The fourth-order valence-corrected chi connectivity index (χ4v) is 1.85. The number of rotatable bonds is 1. The maximum absolute atomic E-state index is 11.7. The van der Waals surface area contributed by atoms with Gasteiger partial charge in [-0.25, -0.2) is 9.78 Å². The summed E-state index contributed by atoms with van der Waals surface area (Å²) in [5, 5.41) is 0. The number of ether oxygens (including phenoxy) is 1. The third-order valence-electron chi connectivity index (χ3n) is 2.70. The summed E-state index contributed by atoms with van der Waals surface area (Å²) in [5.74, 6) is -0.332. The molecule has 0 amide bonds. The van der Waals surface area contributed by atoms with Crippen molar-refractivity contribution in [3.05, 3.63) is 30.1 Å². The third kappa shape index (κ3) is 1.90. The van der Waals surface area contributed by atoms with Crippen LogP contribution in [0.5, 0.6) is 0 Å². The Morgan fingerprint density at radius 2 is 2.06 bits per heavy atom. The van der Waals surface area contributed by atoms with Gasteiger partial charge < -0.3 is 9.30 Å². The van der Waals surface area contributed by atoms with E-state index in [2.05, 4.69) is 25.8 Å². The van der Waals surface area contributed by atoms with Gasteiger partial charge in [-0.15, -0.1) is 0 Å². The number of carbonyl (C=O) groups excluding carboxylic acids is 1. The fourth-order valence-electron chi connectivity index (χ4n) is 1.85. The van der Waals surface area contributed by atoms with Gasteiger partial charge in [0.15, 0.2) is 0 Å². The minimum absolute atomic E-state index is 0.126. The van der Waals surface area contributed by atoms with Crippen LogP contribution in [0, 0.1) is 0 Å². The van der Waals surface area contributed by atoms with Crippen molar-refractivity contribution in [2.75, 3.05) is 7.11 Å². The molecule has 4 nitrogen and oxygen atoms in total. The molecule has 0 aliphatic rings. The second kappa shape index (κ2) is 3.87. The molecule has 0 spiro atoms. The second-order valence-corrected chi connectivity index (χ2v) is 4.95. The highest BCUT2D eigenvalue weighted by Gasteiger charge is 2.20. The van der Waals surface area contributed by atoms with Crippen LogP contribution in [0.3, 0.4) is 0 Å². The lowest BCUT2D eigenvalue weighted by atomic mass is 10.1. The van der Waals surface area contributed by atoms with Gasteiger partial charge in [-0.3, -0.25) is 0 Å². The number of carbonyl (C=O) groups is 1. The van der Waals surface area contributed by atoms with E-state index in [-0.39, 0.29) is 11.5 Å². The smallest absolute Gasteiger partial charge is 0.340 e. The summed E-state index contributed by atoms with van der Waals surface area (Å²) in [7, 11) is 1.39. The van der Waals surface area contributed by atoms with Gasteiger partial charge in [-0.1, -0.05) is 6.07 Å². The molecule has 0 aliphatic heterocycles. The van der Waals surface area contributed by atoms with Crippen molar-refractivity contribution in [3.8, 4) is 0 Å². The number of para-hydroxylation sites is 1. The van der Waals surface area contributed by atoms with Crippen LogP contribution in [-0.2, 0) is 10.3 Å². The first-order valence-electron chi connectivity index (χ1n) is 5.50. The maximum Gasteiger partial charge on any atom is 0.340 e. The van der Waals surface area contributed by atoms with E-state index < -0.39 is 0 Å². The summed E-state index contributed by atoms with van der Waals surface area (Å²) in [6.45, 7) is 6.21. The molecule has 0 N–H and O–H groups in total. The lowest BCUT2D eigenvalue weighted by molar-refractivity contribution is 0.0602. The topological polar surface area (TPSA) is 44.1 Å². The Labute approximate surface area is 100 Å². The average molecular weight is 232 g/mol. The summed E-state index contributed by atoms with van der Waals surface area (Å²) in [6.07, 6.45) is 1.76. The number of imidazole rings is 1. The Morgan fingerprint density at radius 1 is 1.35 bits per heavy atom. The molecule has 2 rings (SSSR count). The minimum Gasteiger partial charge on any atom is -0.465 e. The van der Waals surface area contributed by atoms with Crippen LogP contribution < -0.4 is 0 Å². The standard InChI is InChI=1S/C13H16N2O2/c1-13(2,3)15-8-14-10-7-5-6-9(11(10)15)12(16)17-4/h5-8H,1-4H3. The molecule has 0 fully saturated rings. The molecule has 4 heteroatoms. The molecular formula is C13H16N2O2. The van der Waals surface area contributed by atoms with E-state index in [1.165, 1.54) is 7.11 Å². The van der Waals surface area contributed by atoms with Crippen LogP contribution >= 0.6 is 0 Å². The Kier molecular flexibility index (Phi) is 2.65.